The predicted octanol–water partition coefficient (Wildman–Crippen LogP) is 2.34. The zero-order valence-corrected chi connectivity index (χ0v) is 15.1. The SMILES string of the molecule is CC(=O)N[C@@H](CC(=O)OCC(=O)Nc1ccccc1[N+](=O)[O-])c1ccccc1. The number of benzene rings is 2. The van der Waals surface area contributed by atoms with E-state index in [0.29, 0.717) is 0 Å². The number of ether oxygens (including phenoxy) is 1. The lowest BCUT2D eigenvalue weighted by atomic mass is 10.0. The molecule has 2 N–H and O–H groups in total. The normalized spacial score (nSPS) is 11.2. The first-order valence-corrected chi connectivity index (χ1v) is 8.37. The van der Waals surface area contributed by atoms with Crippen LogP contribution in [0.15, 0.2) is 54.6 Å². The van der Waals surface area contributed by atoms with Crippen LogP contribution in [-0.2, 0) is 19.1 Å². The topological polar surface area (TPSA) is 128 Å². The van der Waals surface area contributed by atoms with E-state index >= 15 is 0 Å². The van der Waals surface area contributed by atoms with E-state index in [2.05, 4.69) is 10.6 Å². The van der Waals surface area contributed by atoms with Gasteiger partial charge in [0.2, 0.25) is 5.91 Å². The van der Waals surface area contributed by atoms with E-state index in [1.54, 1.807) is 30.3 Å². The molecule has 0 spiro atoms. The highest BCUT2D eigenvalue weighted by Crippen LogP contribution is 2.23. The van der Waals surface area contributed by atoms with Crippen molar-refractivity contribution in [1.29, 1.82) is 0 Å². The maximum absolute atomic E-state index is 12.1. The van der Waals surface area contributed by atoms with Gasteiger partial charge < -0.3 is 15.4 Å². The molecule has 0 heterocycles. The maximum Gasteiger partial charge on any atom is 0.308 e. The number of nitro benzene ring substituents is 1. The first-order valence-electron chi connectivity index (χ1n) is 8.37. The number of hydrogen-bond acceptors (Lipinski definition) is 6. The summed E-state index contributed by atoms with van der Waals surface area (Å²) in [5.74, 6) is -1.71. The zero-order chi connectivity index (χ0) is 20.5. The van der Waals surface area contributed by atoms with Crippen LogP contribution in [0, 0.1) is 10.1 Å². The third kappa shape index (κ3) is 6.20. The molecular formula is C19H19N3O6. The largest absolute Gasteiger partial charge is 0.455 e. The third-order valence-electron chi connectivity index (χ3n) is 3.69. The smallest absolute Gasteiger partial charge is 0.308 e. The number of carbonyl (C=O) groups is 3. The Morgan fingerprint density at radius 2 is 1.71 bits per heavy atom. The van der Waals surface area contributed by atoms with Crippen LogP contribution in [0.4, 0.5) is 11.4 Å². The standard InChI is InChI=1S/C19H19N3O6/c1-13(23)20-16(14-7-3-2-4-8-14)11-19(25)28-12-18(24)21-15-9-5-6-10-17(15)22(26)27/h2-10,16H,11-12H2,1H3,(H,20,23)(H,21,24)/t16-/m0/s1. The van der Waals surface area contributed by atoms with E-state index < -0.39 is 29.4 Å². The summed E-state index contributed by atoms with van der Waals surface area (Å²) in [6, 6.07) is 13.9. The monoisotopic (exact) mass is 385 g/mol. The van der Waals surface area contributed by atoms with Crippen molar-refractivity contribution in [3.05, 3.63) is 70.3 Å². The van der Waals surface area contributed by atoms with Gasteiger partial charge in [0, 0.05) is 13.0 Å². The van der Waals surface area contributed by atoms with Gasteiger partial charge in [-0.25, -0.2) is 0 Å². The second-order valence-electron chi connectivity index (χ2n) is 5.85. The lowest BCUT2D eigenvalue weighted by Gasteiger charge is -2.17. The number of esters is 1. The van der Waals surface area contributed by atoms with Gasteiger partial charge in [0.25, 0.3) is 11.6 Å². The van der Waals surface area contributed by atoms with Crippen molar-refractivity contribution < 1.29 is 24.0 Å². The number of hydrogen-bond donors (Lipinski definition) is 2. The van der Waals surface area contributed by atoms with Crippen LogP contribution in [0.1, 0.15) is 24.9 Å². The molecule has 0 radical (unpaired) electrons. The van der Waals surface area contributed by atoms with Crippen LogP contribution < -0.4 is 10.6 Å². The van der Waals surface area contributed by atoms with Crippen LogP contribution in [0.25, 0.3) is 0 Å². The molecule has 9 heteroatoms. The Hall–Kier alpha value is -3.75. The molecule has 0 fully saturated rings. The summed E-state index contributed by atoms with van der Waals surface area (Å²) in [6.45, 7) is 0.730. The summed E-state index contributed by atoms with van der Waals surface area (Å²) in [5.41, 5.74) is 0.463. The summed E-state index contributed by atoms with van der Waals surface area (Å²) in [6.07, 6.45) is -0.164. The Morgan fingerprint density at radius 1 is 1.07 bits per heavy atom. The number of carbonyl (C=O) groups excluding carboxylic acids is 3. The van der Waals surface area contributed by atoms with E-state index in [1.807, 2.05) is 0 Å². The number of anilines is 1. The molecule has 0 aliphatic heterocycles. The fourth-order valence-corrected chi connectivity index (χ4v) is 2.48. The van der Waals surface area contributed by atoms with Crippen LogP contribution >= 0.6 is 0 Å². The number of nitrogens with zero attached hydrogens (tertiary/aromatic N) is 1. The average molecular weight is 385 g/mol. The molecule has 2 rings (SSSR count). The first-order chi connectivity index (χ1) is 13.4. The minimum atomic E-state index is -0.710. The molecule has 0 saturated heterocycles. The highest BCUT2D eigenvalue weighted by atomic mass is 16.6. The molecule has 28 heavy (non-hydrogen) atoms. The number of amides is 2. The van der Waals surface area contributed by atoms with Crippen molar-refractivity contribution in [3.63, 3.8) is 0 Å². The van der Waals surface area contributed by atoms with E-state index in [-0.39, 0.29) is 23.7 Å². The van der Waals surface area contributed by atoms with Gasteiger partial charge in [-0.05, 0) is 11.6 Å². The maximum atomic E-state index is 12.1. The lowest BCUT2D eigenvalue weighted by molar-refractivity contribution is -0.383. The van der Waals surface area contributed by atoms with Crippen LogP contribution in [0.5, 0.6) is 0 Å². The van der Waals surface area contributed by atoms with Crippen molar-refractivity contribution in [2.75, 3.05) is 11.9 Å². The number of para-hydroxylation sites is 2. The highest BCUT2D eigenvalue weighted by Gasteiger charge is 2.20. The molecular weight excluding hydrogens is 366 g/mol. The number of nitro groups is 1. The fourth-order valence-electron chi connectivity index (χ4n) is 2.48. The van der Waals surface area contributed by atoms with Gasteiger partial charge >= 0.3 is 5.97 Å². The third-order valence-corrected chi connectivity index (χ3v) is 3.69. The predicted molar refractivity (Wildman–Crippen MR) is 100 cm³/mol. The number of nitrogens with one attached hydrogen (secondary N) is 2. The Kier molecular flexibility index (Phi) is 7.21. The van der Waals surface area contributed by atoms with E-state index in [9.17, 15) is 24.5 Å². The molecule has 0 bridgehead atoms. The quantitative estimate of drug-likeness (QED) is 0.408. The first kappa shape index (κ1) is 20.6. The highest BCUT2D eigenvalue weighted by molar-refractivity contribution is 5.94. The van der Waals surface area contributed by atoms with Crippen molar-refractivity contribution in [3.8, 4) is 0 Å². The molecule has 2 amide bonds. The molecule has 0 unspecified atom stereocenters. The summed E-state index contributed by atoms with van der Waals surface area (Å²) in [7, 11) is 0. The summed E-state index contributed by atoms with van der Waals surface area (Å²) in [4.78, 5) is 45.7. The molecule has 0 aliphatic rings. The van der Waals surface area contributed by atoms with Gasteiger partial charge in [-0.1, -0.05) is 42.5 Å². The minimum absolute atomic E-state index is 0.00829. The molecule has 0 aliphatic carbocycles. The second kappa shape index (κ2) is 9.81. The van der Waals surface area contributed by atoms with Crippen molar-refractivity contribution >= 4 is 29.2 Å². The van der Waals surface area contributed by atoms with E-state index in [0.717, 1.165) is 5.56 Å². The average Bonchev–Trinajstić information content (AvgIpc) is 2.66. The zero-order valence-electron chi connectivity index (χ0n) is 15.1. The molecule has 0 saturated carbocycles. The van der Waals surface area contributed by atoms with E-state index in [4.69, 9.17) is 4.74 Å². The van der Waals surface area contributed by atoms with Crippen molar-refractivity contribution in [1.82, 2.24) is 5.32 Å². The minimum Gasteiger partial charge on any atom is -0.455 e. The van der Waals surface area contributed by atoms with Gasteiger partial charge in [0.15, 0.2) is 6.61 Å². The Morgan fingerprint density at radius 3 is 2.36 bits per heavy atom. The molecule has 9 nitrogen and oxygen atoms in total. The van der Waals surface area contributed by atoms with Crippen molar-refractivity contribution in [2.45, 2.75) is 19.4 Å². The van der Waals surface area contributed by atoms with Gasteiger partial charge in [-0.2, -0.15) is 0 Å². The summed E-state index contributed by atoms with van der Waals surface area (Å²) < 4.78 is 4.94. The Balaban J connectivity index is 1.92. The molecule has 0 aromatic heterocycles. The summed E-state index contributed by atoms with van der Waals surface area (Å²) in [5, 5.41) is 15.9. The van der Waals surface area contributed by atoms with Crippen molar-refractivity contribution in [2.24, 2.45) is 0 Å². The molecule has 146 valence electrons. The molecule has 2 aromatic carbocycles. The van der Waals surface area contributed by atoms with Gasteiger partial charge in [-0.3, -0.25) is 24.5 Å². The van der Waals surface area contributed by atoms with Gasteiger partial charge in [0.05, 0.1) is 17.4 Å². The molecule has 2 aromatic rings. The lowest BCUT2D eigenvalue weighted by Crippen LogP contribution is -2.29. The fraction of sp³-hybridized carbons (Fsp3) is 0.211. The summed E-state index contributed by atoms with van der Waals surface area (Å²) >= 11 is 0. The van der Waals surface area contributed by atoms with E-state index in [1.165, 1.54) is 31.2 Å². The second-order valence-corrected chi connectivity index (χ2v) is 5.85. The van der Waals surface area contributed by atoms with Crippen LogP contribution in [0.2, 0.25) is 0 Å². The number of rotatable bonds is 8. The van der Waals surface area contributed by atoms with Crippen LogP contribution in [0.3, 0.4) is 0 Å². The Labute approximate surface area is 160 Å². The van der Waals surface area contributed by atoms with Crippen LogP contribution in [-0.4, -0.2) is 29.3 Å². The Bertz CT molecular complexity index is 869. The van der Waals surface area contributed by atoms with Gasteiger partial charge in [0.1, 0.15) is 5.69 Å². The molecule has 1 atom stereocenters. The van der Waals surface area contributed by atoms with Gasteiger partial charge in [-0.15, -0.1) is 0 Å².